The van der Waals surface area contributed by atoms with Gasteiger partial charge in [0.2, 0.25) is 0 Å². The van der Waals surface area contributed by atoms with E-state index in [1.165, 1.54) is 0 Å². The average molecular weight is 322 g/mol. The van der Waals surface area contributed by atoms with Crippen molar-refractivity contribution in [3.05, 3.63) is 71.8 Å². The van der Waals surface area contributed by atoms with Crippen LogP contribution in [0.5, 0.6) is 0 Å². The van der Waals surface area contributed by atoms with Gasteiger partial charge in [0.25, 0.3) is 0 Å². The molecule has 0 N–H and O–H groups in total. The molecule has 4 nitrogen and oxygen atoms in total. The maximum atomic E-state index is 12.6. The summed E-state index contributed by atoms with van der Waals surface area (Å²) in [6, 6.07) is 19.4. The number of rotatable bonds is 4. The molecule has 4 heteroatoms. The van der Waals surface area contributed by atoms with Crippen molar-refractivity contribution in [2.45, 2.75) is 25.9 Å². The molecule has 0 saturated carbocycles. The van der Waals surface area contributed by atoms with Crippen molar-refractivity contribution in [3.8, 4) is 0 Å². The molecule has 1 fully saturated rings. The van der Waals surface area contributed by atoms with Gasteiger partial charge in [-0.25, -0.2) is 0 Å². The third-order valence-corrected chi connectivity index (χ3v) is 4.79. The molecule has 1 aliphatic rings. The van der Waals surface area contributed by atoms with Crippen molar-refractivity contribution in [2.75, 3.05) is 13.1 Å². The molecular weight excluding hydrogens is 300 g/mol. The van der Waals surface area contributed by atoms with E-state index >= 15 is 0 Å². The first-order valence-electron chi connectivity index (χ1n) is 8.31. The van der Waals surface area contributed by atoms with Crippen LogP contribution in [0.3, 0.4) is 0 Å². The maximum absolute atomic E-state index is 12.6. The smallest absolute Gasteiger partial charge is 0.312 e. The summed E-state index contributed by atoms with van der Waals surface area (Å²) in [5.41, 5.74) is 2.09. The van der Waals surface area contributed by atoms with E-state index in [1.807, 2.05) is 74.5 Å². The van der Waals surface area contributed by atoms with Crippen LogP contribution in [0.4, 0.5) is 0 Å². The minimum Gasteiger partial charge on any atom is -0.326 e. The van der Waals surface area contributed by atoms with Crippen LogP contribution in [-0.2, 0) is 9.59 Å². The van der Waals surface area contributed by atoms with E-state index in [2.05, 4.69) is 0 Å². The second-order valence-electron chi connectivity index (χ2n) is 6.17. The first-order valence-corrected chi connectivity index (χ1v) is 8.31. The Kier molecular flexibility index (Phi) is 4.65. The Morgan fingerprint density at radius 2 is 1.00 bits per heavy atom. The van der Waals surface area contributed by atoms with E-state index in [-0.39, 0.29) is 12.1 Å². The molecule has 24 heavy (non-hydrogen) atoms. The Bertz CT molecular complexity index is 651. The lowest BCUT2D eigenvalue weighted by Crippen LogP contribution is -2.55. The van der Waals surface area contributed by atoms with E-state index in [1.54, 1.807) is 9.80 Å². The van der Waals surface area contributed by atoms with E-state index in [4.69, 9.17) is 0 Å². The average Bonchev–Trinajstić information content (AvgIpc) is 2.64. The third kappa shape index (κ3) is 3.04. The van der Waals surface area contributed by atoms with Crippen LogP contribution < -0.4 is 0 Å². The van der Waals surface area contributed by atoms with E-state index in [0.29, 0.717) is 13.1 Å². The zero-order valence-electron chi connectivity index (χ0n) is 14.1. The van der Waals surface area contributed by atoms with Crippen LogP contribution in [0.25, 0.3) is 0 Å². The van der Waals surface area contributed by atoms with E-state index in [0.717, 1.165) is 11.1 Å². The summed E-state index contributed by atoms with van der Waals surface area (Å²) in [5.74, 6) is -0.833. The molecule has 0 spiro atoms. The van der Waals surface area contributed by atoms with Crippen LogP contribution in [0.2, 0.25) is 0 Å². The number of piperazine rings is 1. The standard InChI is InChI=1S/C20H22N2O2/c1-15(17-9-5-3-6-10-17)21-13-14-22(20(24)19(21)23)16(2)18-11-7-4-8-12-18/h3-12,15-16H,13-14H2,1-2H3/t15-,16-/m0/s1. The molecule has 1 aliphatic heterocycles. The first kappa shape index (κ1) is 16.2. The molecular formula is C20H22N2O2. The van der Waals surface area contributed by atoms with Gasteiger partial charge in [0.05, 0.1) is 12.1 Å². The molecule has 3 rings (SSSR count). The highest BCUT2D eigenvalue weighted by Crippen LogP contribution is 2.27. The lowest BCUT2D eigenvalue weighted by Gasteiger charge is -2.40. The molecule has 2 aromatic carbocycles. The van der Waals surface area contributed by atoms with E-state index < -0.39 is 11.8 Å². The largest absolute Gasteiger partial charge is 0.326 e. The summed E-state index contributed by atoms with van der Waals surface area (Å²) in [6.45, 7) is 5.04. The minimum absolute atomic E-state index is 0.100. The van der Waals surface area contributed by atoms with Crippen molar-refractivity contribution in [1.82, 2.24) is 9.80 Å². The van der Waals surface area contributed by atoms with Gasteiger partial charge in [0, 0.05) is 13.1 Å². The maximum Gasteiger partial charge on any atom is 0.312 e. The third-order valence-electron chi connectivity index (χ3n) is 4.79. The van der Waals surface area contributed by atoms with Crippen molar-refractivity contribution in [1.29, 1.82) is 0 Å². The monoisotopic (exact) mass is 322 g/mol. The Labute approximate surface area is 142 Å². The summed E-state index contributed by atoms with van der Waals surface area (Å²) in [5, 5.41) is 0. The zero-order valence-corrected chi connectivity index (χ0v) is 14.1. The fourth-order valence-corrected chi connectivity index (χ4v) is 3.23. The minimum atomic E-state index is -0.416. The van der Waals surface area contributed by atoms with Crippen LogP contribution in [0.15, 0.2) is 60.7 Å². The van der Waals surface area contributed by atoms with Crippen LogP contribution in [0.1, 0.15) is 37.1 Å². The first-order chi connectivity index (χ1) is 11.6. The van der Waals surface area contributed by atoms with Gasteiger partial charge in [-0.1, -0.05) is 60.7 Å². The number of hydrogen-bond donors (Lipinski definition) is 0. The van der Waals surface area contributed by atoms with Crippen molar-refractivity contribution in [3.63, 3.8) is 0 Å². The molecule has 0 radical (unpaired) electrons. The molecule has 2 amide bonds. The molecule has 0 aromatic heterocycles. The lowest BCUT2D eigenvalue weighted by molar-refractivity contribution is -0.159. The summed E-state index contributed by atoms with van der Waals surface area (Å²) in [4.78, 5) is 28.6. The van der Waals surface area contributed by atoms with Gasteiger partial charge in [-0.05, 0) is 25.0 Å². The molecule has 2 aromatic rings. The Balaban J connectivity index is 1.75. The Hall–Kier alpha value is -2.62. The molecule has 1 saturated heterocycles. The van der Waals surface area contributed by atoms with Crippen LogP contribution in [-0.4, -0.2) is 34.7 Å². The van der Waals surface area contributed by atoms with Gasteiger partial charge < -0.3 is 9.80 Å². The van der Waals surface area contributed by atoms with Crippen LogP contribution >= 0.6 is 0 Å². The highest BCUT2D eigenvalue weighted by molar-refractivity contribution is 6.35. The second kappa shape index (κ2) is 6.87. The number of benzene rings is 2. The SMILES string of the molecule is C[C@@H](c1ccccc1)N1CCN([C@@H](C)c2ccccc2)C(=O)C1=O. The number of carbonyl (C=O) groups excluding carboxylic acids is 2. The highest BCUT2D eigenvalue weighted by Gasteiger charge is 2.37. The van der Waals surface area contributed by atoms with E-state index in [9.17, 15) is 9.59 Å². The summed E-state index contributed by atoms with van der Waals surface area (Å²) >= 11 is 0. The van der Waals surface area contributed by atoms with Crippen molar-refractivity contribution < 1.29 is 9.59 Å². The summed E-state index contributed by atoms with van der Waals surface area (Å²) < 4.78 is 0. The van der Waals surface area contributed by atoms with Gasteiger partial charge in [0.15, 0.2) is 0 Å². The number of nitrogens with zero attached hydrogens (tertiary/aromatic N) is 2. The molecule has 2 atom stereocenters. The van der Waals surface area contributed by atoms with Crippen molar-refractivity contribution in [2.24, 2.45) is 0 Å². The van der Waals surface area contributed by atoms with Gasteiger partial charge in [0.1, 0.15) is 0 Å². The van der Waals surface area contributed by atoms with Gasteiger partial charge >= 0.3 is 11.8 Å². The van der Waals surface area contributed by atoms with Crippen molar-refractivity contribution >= 4 is 11.8 Å². The molecule has 124 valence electrons. The fourth-order valence-electron chi connectivity index (χ4n) is 3.23. The van der Waals surface area contributed by atoms with Gasteiger partial charge in [-0.2, -0.15) is 0 Å². The van der Waals surface area contributed by atoms with Gasteiger partial charge in [-0.15, -0.1) is 0 Å². The Morgan fingerprint density at radius 3 is 1.33 bits per heavy atom. The quantitative estimate of drug-likeness (QED) is 0.811. The van der Waals surface area contributed by atoms with Gasteiger partial charge in [-0.3, -0.25) is 9.59 Å². The number of hydrogen-bond acceptors (Lipinski definition) is 2. The summed E-state index contributed by atoms with van der Waals surface area (Å²) in [6.07, 6.45) is 0. The molecule has 0 bridgehead atoms. The Morgan fingerprint density at radius 1 is 0.667 bits per heavy atom. The topological polar surface area (TPSA) is 40.6 Å². The van der Waals surface area contributed by atoms with Crippen LogP contribution in [0, 0.1) is 0 Å². The number of amides is 2. The molecule has 1 heterocycles. The zero-order chi connectivity index (χ0) is 17.1. The normalized spacial score (nSPS) is 17.8. The molecule has 0 aliphatic carbocycles. The summed E-state index contributed by atoms with van der Waals surface area (Å²) in [7, 11) is 0. The lowest BCUT2D eigenvalue weighted by atomic mass is 10.0. The highest BCUT2D eigenvalue weighted by atomic mass is 16.2. The fraction of sp³-hybridized carbons (Fsp3) is 0.300. The predicted octanol–water partition coefficient (Wildman–Crippen LogP) is 3.18. The molecule has 0 unspecified atom stereocenters. The second-order valence-corrected chi connectivity index (χ2v) is 6.17. The number of carbonyl (C=O) groups is 2. The predicted molar refractivity (Wildman–Crippen MR) is 93.1 cm³/mol.